The Morgan fingerprint density at radius 1 is 1.19 bits per heavy atom. The number of hydrogen-bond acceptors (Lipinski definition) is 2. The highest BCUT2D eigenvalue weighted by Crippen LogP contribution is 2.23. The molecule has 1 aromatic rings. The molecule has 1 rings (SSSR count). The van der Waals surface area contributed by atoms with Crippen molar-refractivity contribution in [3.8, 4) is 0 Å². The lowest BCUT2D eigenvalue weighted by molar-refractivity contribution is 0.422. The minimum atomic E-state index is 0.309. The summed E-state index contributed by atoms with van der Waals surface area (Å²) in [5, 5.41) is 0. The van der Waals surface area contributed by atoms with E-state index in [1.807, 2.05) is 11.8 Å². The van der Waals surface area contributed by atoms with Crippen LogP contribution in [0.15, 0.2) is 33.6 Å². The summed E-state index contributed by atoms with van der Waals surface area (Å²) in [4.78, 5) is 1.30. The van der Waals surface area contributed by atoms with Gasteiger partial charge in [-0.2, -0.15) is 0 Å². The van der Waals surface area contributed by atoms with E-state index in [9.17, 15) is 0 Å². The van der Waals surface area contributed by atoms with Crippen LogP contribution in [0, 0.1) is 5.92 Å². The molecule has 0 saturated heterocycles. The Kier molecular flexibility index (Phi) is 6.47. The SMILES string of the molecule is CCC(CC)C(N)CSc1ccc(Br)cc1. The zero-order valence-electron chi connectivity index (χ0n) is 9.95. The smallest absolute Gasteiger partial charge is 0.0176 e. The van der Waals surface area contributed by atoms with Crippen LogP contribution in [0.1, 0.15) is 26.7 Å². The van der Waals surface area contributed by atoms with Crippen molar-refractivity contribution in [2.24, 2.45) is 11.7 Å². The lowest BCUT2D eigenvalue weighted by Crippen LogP contribution is -2.31. The van der Waals surface area contributed by atoms with Crippen LogP contribution in [0.4, 0.5) is 0 Å². The molecule has 90 valence electrons. The van der Waals surface area contributed by atoms with Crippen LogP contribution in [0.2, 0.25) is 0 Å². The highest BCUT2D eigenvalue weighted by atomic mass is 79.9. The second-order valence-corrected chi connectivity index (χ2v) is 6.01. The molecule has 0 aliphatic carbocycles. The first-order valence-electron chi connectivity index (χ1n) is 5.81. The largest absolute Gasteiger partial charge is 0.327 e. The predicted molar refractivity (Wildman–Crippen MR) is 76.9 cm³/mol. The van der Waals surface area contributed by atoms with Gasteiger partial charge in [0.2, 0.25) is 0 Å². The molecular weight excluding hydrogens is 282 g/mol. The maximum atomic E-state index is 6.19. The molecule has 1 unspecified atom stereocenters. The van der Waals surface area contributed by atoms with Gasteiger partial charge in [0.05, 0.1) is 0 Å². The number of hydrogen-bond donors (Lipinski definition) is 1. The van der Waals surface area contributed by atoms with Crippen molar-refractivity contribution in [1.29, 1.82) is 0 Å². The quantitative estimate of drug-likeness (QED) is 0.793. The Morgan fingerprint density at radius 3 is 2.25 bits per heavy atom. The Labute approximate surface area is 111 Å². The third-order valence-electron chi connectivity index (χ3n) is 2.91. The van der Waals surface area contributed by atoms with Gasteiger partial charge in [0.25, 0.3) is 0 Å². The fraction of sp³-hybridized carbons (Fsp3) is 0.538. The molecule has 3 heteroatoms. The summed E-state index contributed by atoms with van der Waals surface area (Å²) in [6, 6.07) is 8.72. The van der Waals surface area contributed by atoms with E-state index >= 15 is 0 Å². The Hall–Kier alpha value is 0.01000. The molecule has 1 nitrogen and oxygen atoms in total. The molecular formula is C13H20BrNS. The standard InChI is InChI=1S/C13H20BrNS/c1-3-10(4-2)13(15)9-16-12-7-5-11(14)6-8-12/h5-8,10,13H,3-4,9,15H2,1-2H3. The van der Waals surface area contributed by atoms with Gasteiger partial charge in [0.15, 0.2) is 0 Å². The van der Waals surface area contributed by atoms with Crippen molar-refractivity contribution in [3.05, 3.63) is 28.7 Å². The van der Waals surface area contributed by atoms with Gasteiger partial charge in [-0.3, -0.25) is 0 Å². The van der Waals surface area contributed by atoms with Gasteiger partial charge >= 0.3 is 0 Å². The summed E-state index contributed by atoms with van der Waals surface area (Å²) >= 11 is 5.29. The normalized spacial score (nSPS) is 13.1. The van der Waals surface area contributed by atoms with Gasteiger partial charge in [0, 0.05) is 21.2 Å². The van der Waals surface area contributed by atoms with Gasteiger partial charge in [-0.25, -0.2) is 0 Å². The molecule has 0 fully saturated rings. The van der Waals surface area contributed by atoms with E-state index in [2.05, 4.69) is 54.0 Å². The molecule has 0 aliphatic heterocycles. The van der Waals surface area contributed by atoms with Gasteiger partial charge in [-0.05, 0) is 30.2 Å². The summed E-state index contributed by atoms with van der Waals surface area (Å²) in [7, 11) is 0. The number of halogens is 1. The lowest BCUT2D eigenvalue weighted by Gasteiger charge is -2.20. The second kappa shape index (κ2) is 7.36. The van der Waals surface area contributed by atoms with Crippen molar-refractivity contribution in [2.45, 2.75) is 37.6 Å². The van der Waals surface area contributed by atoms with Crippen molar-refractivity contribution in [1.82, 2.24) is 0 Å². The van der Waals surface area contributed by atoms with Crippen LogP contribution in [-0.4, -0.2) is 11.8 Å². The van der Waals surface area contributed by atoms with Gasteiger partial charge in [-0.15, -0.1) is 11.8 Å². The fourth-order valence-corrected chi connectivity index (χ4v) is 3.00. The Morgan fingerprint density at radius 2 is 1.75 bits per heavy atom. The minimum Gasteiger partial charge on any atom is -0.327 e. The zero-order chi connectivity index (χ0) is 12.0. The minimum absolute atomic E-state index is 0.309. The third-order valence-corrected chi connectivity index (χ3v) is 4.60. The summed E-state index contributed by atoms with van der Waals surface area (Å²) in [5.74, 6) is 1.66. The van der Waals surface area contributed by atoms with Crippen LogP contribution in [-0.2, 0) is 0 Å². The van der Waals surface area contributed by atoms with E-state index in [-0.39, 0.29) is 0 Å². The van der Waals surface area contributed by atoms with Crippen molar-refractivity contribution in [2.75, 3.05) is 5.75 Å². The summed E-state index contributed by atoms with van der Waals surface area (Å²) in [6.07, 6.45) is 2.36. The molecule has 0 aliphatic rings. The van der Waals surface area contributed by atoms with E-state index in [0.717, 1.165) is 10.2 Å². The lowest BCUT2D eigenvalue weighted by atomic mass is 9.96. The number of thioether (sulfide) groups is 1. The zero-order valence-corrected chi connectivity index (χ0v) is 12.4. The van der Waals surface area contributed by atoms with Crippen molar-refractivity contribution >= 4 is 27.7 Å². The highest BCUT2D eigenvalue weighted by Gasteiger charge is 2.13. The summed E-state index contributed by atoms with van der Waals surface area (Å²) < 4.78 is 1.13. The molecule has 0 radical (unpaired) electrons. The predicted octanol–water partition coefficient (Wildman–Crippen LogP) is 4.30. The Balaban J connectivity index is 2.42. The van der Waals surface area contributed by atoms with E-state index in [1.165, 1.54) is 17.7 Å². The van der Waals surface area contributed by atoms with E-state index in [0.29, 0.717) is 12.0 Å². The number of nitrogens with two attached hydrogens (primary N) is 1. The van der Waals surface area contributed by atoms with Crippen molar-refractivity contribution in [3.63, 3.8) is 0 Å². The second-order valence-electron chi connectivity index (χ2n) is 4.01. The summed E-state index contributed by atoms with van der Waals surface area (Å²) in [5.41, 5.74) is 6.19. The monoisotopic (exact) mass is 301 g/mol. The average molecular weight is 302 g/mol. The van der Waals surface area contributed by atoms with E-state index in [4.69, 9.17) is 5.73 Å². The first kappa shape index (κ1) is 14.1. The summed E-state index contributed by atoms with van der Waals surface area (Å²) in [6.45, 7) is 4.44. The topological polar surface area (TPSA) is 26.0 Å². The molecule has 0 amide bonds. The molecule has 0 bridgehead atoms. The molecule has 0 spiro atoms. The maximum Gasteiger partial charge on any atom is 0.0176 e. The van der Waals surface area contributed by atoms with E-state index < -0.39 is 0 Å². The van der Waals surface area contributed by atoms with Crippen LogP contribution in [0.25, 0.3) is 0 Å². The molecule has 16 heavy (non-hydrogen) atoms. The third kappa shape index (κ3) is 4.48. The Bertz CT molecular complexity index is 295. The molecule has 1 aromatic carbocycles. The average Bonchev–Trinajstić information content (AvgIpc) is 2.30. The molecule has 0 saturated carbocycles. The fourth-order valence-electron chi connectivity index (χ4n) is 1.75. The van der Waals surface area contributed by atoms with E-state index in [1.54, 1.807) is 0 Å². The van der Waals surface area contributed by atoms with Crippen LogP contribution >= 0.6 is 27.7 Å². The van der Waals surface area contributed by atoms with Gasteiger partial charge < -0.3 is 5.73 Å². The molecule has 0 heterocycles. The van der Waals surface area contributed by atoms with Crippen LogP contribution in [0.3, 0.4) is 0 Å². The van der Waals surface area contributed by atoms with Crippen LogP contribution in [0.5, 0.6) is 0 Å². The highest BCUT2D eigenvalue weighted by molar-refractivity contribution is 9.10. The molecule has 0 aromatic heterocycles. The van der Waals surface area contributed by atoms with Crippen molar-refractivity contribution < 1.29 is 0 Å². The molecule has 2 N–H and O–H groups in total. The maximum absolute atomic E-state index is 6.19. The first-order chi connectivity index (χ1) is 7.67. The molecule has 1 atom stereocenters. The number of rotatable bonds is 6. The van der Waals surface area contributed by atoms with Gasteiger partial charge in [0.1, 0.15) is 0 Å². The first-order valence-corrected chi connectivity index (χ1v) is 7.59. The van der Waals surface area contributed by atoms with Crippen LogP contribution < -0.4 is 5.73 Å². The van der Waals surface area contributed by atoms with Gasteiger partial charge in [-0.1, -0.05) is 42.6 Å². The number of benzene rings is 1.